The van der Waals surface area contributed by atoms with Crippen molar-refractivity contribution in [1.82, 2.24) is 9.55 Å². The smallest absolute Gasteiger partial charge is 0.120 e. The van der Waals surface area contributed by atoms with Gasteiger partial charge in [0, 0.05) is 18.4 Å². The second-order valence-corrected chi connectivity index (χ2v) is 5.32. The number of aromatic nitrogens is 2. The molecule has 3 rings (SSSR count). The number of ether oxygens (including phenoxy) is 1. The maximum Gasteiger partial charge on any atom is 0.120 e. The summed E-state index contributed by atoms with van der Waals surface area (Å²) in [5.41, 5.74) is 4.34. The first-order chi connectivity index (χ1) is 10.2. The van der Waals surface area contributed by atoms with Gasteiger partial charge in [-0.15, -0.1) is 11.6 Å². The van der Waals surface area contributed by atoms with Gasteiger partial charge < -0.3 is 4.74 Å². The fourth-order valence-corrected chi connectivity index (χ4v) is 2.75. The van der Waals surface area contributed by atoms with Crippen LogP contribution in [0.4, 0.5) is 0 Å². The van der Waals surface area contributed by atoms with Gasteiger partial charge in [0.15, 0.2) is 0 Å². The zero-order chi connectivity index (χ0) is 14.8. The highest BCUT2D eigenvalue weighted by atomic mass is 35.5. The van der Waals surface area contributed by atoms with E-state index in [1.807, 2.05) is 18.2 Å². The van der Waals surface area contributed by atoms with E-state index in [0.29, 0.717) is 5.88 Å². The number of nitrogens with zero attached hydrogens (tertiary/aromatic N) is 2. The largest absolute Gasteiger partial charge is 0.497 e. The molecule has 0 saturated heterocycles. The molecule has 0 atom stereocenters. The molecular weight excluding hydrogens is 284 g/mol. The van der Waals surface area contributed by atoms with Crippen molar-refractivity contribution in [2.45, 2.75) is 13.3 Å². The second kappa shape index (κ2) is 5.78. The molecule has 4 heteroatoms. The van der Waals surface area contributed by atoms with Gasteiger partial charge in [-0.2, -0.15) is 0 Å². The minimum atomic E-state index is 0.548. The highest BCUT2D eigenvalue weighted by Crippen LogP contribution is 2.26. The number of halogens is 1. The maximum absolute atomic E-state index is 5.94. The number of rotatable bonds is 4. The van der Waals surface area contributed by atoms with Crippen molar-refractivity contribution in [1.29, 1.82) is 0 Å². The van der Waals surface area contributed by atoms with Gasteiger partial charge in [0.05, 0.1) is 23.8 Å². The molecule has 0 amide bonds. The third kappa shape index (κ3) is 2.49. The summed E-state index contributed by atoms with van der Waals surface area (Å²) in [7, 11) is 1.68. The standard InChI is InChI=1S/C17H17ClN2O/c1-12-5-3-8-15-17(12)19-16(9-10-18)20(15)13-6-4-7-14(11-13)21-2/h3-8,11H,9-10H2,1-2H3. The quantitative estimate of drug-likeness (QED) is 0.678. The van der Waals surface area contributed by atoms with E-state index in [2.05, 4.69) is 35.8 Å². The van der Waals surface area contributed by atoms with Crippen LogP contribution in [0.15, 0.2) is 42.5 Å². The zero-order valence-corrected chi connectivity index (χ0v) is 12.9. The lowest BCUT2D eigenvalue weighted by Gasteiger charge is -2.10. The minimum Gasteiger partial charge on any atom is -0.497 e. The topological polar surface area (TPSA) is 27.1 Å². The van der Waals surface area contributed by atoms with Crippen molar-refractivity contribution in [2.24, 2.45) is 0 Å². The summed E-state index contributed by atoms with van der Waals surface area (Å²) in [6.45, 7) is 2.08. The summed E-state index contributed by atoms with van der Waals surface area (Å²) < 4.78 is 7.49. The molecule has 2 aromatic carbocycles. The van der Waals surface area contributed by atoms with Gasteiger partial charge in [-0.05, 0) is 30.7 Å². The first-order valence-electron chi connectivity index (χ1n) is 6.92. The number of benzene rings is 2. The van der Waals surface area contributed by atoms with E-state index >= 15 is 0 Å². The first-order valence-corrected chi connectivity index (χ1v) is 7.45. The predicted octanol–water partition coefficient (Wildman–Crippen LogP) is 4.12. The lowest BCUT2D eigenvalue weighted by Crippen LogP contribution is -2.02. The molecule has 1 heterocycles. The van der Waals surface area contributed by atoms with Gasteiger partial charge in [-0.3, -0.25) is 4.57 Å². The van der Waals surface area contributed by atoms with Crippen LogP contribution >= 0.6 is 11.6 Å². The van der Waals surface area contributed by atoms with E-state index in [9.17, 15) is 0 Å². The molecule has 108 valence electrons. The summed E-state index contributed by atoms with van der Waals surface area (Å²) in [6.07, 6.45) is 0.729. The Kier molecular flexibility index (Phi) is 3.84. The van der Waals surface area contributed by atoms with Crippen molar-refractivity contribution >= 4 is 22.6 Å². The molecule has 0 unspecified atom stereocenters. The van der Waals surface area contributed by atoms with Crippen LogP contribution in [0.1, 0.15) is 11.4 Å². The van der Waals surface area contributed by atoms with Crippen LogP contribution in [0, 0.1) is 6.92 Å². The molecule has 0 fully saturated rings. The lowest BCUT2D eigenvalue weighted by atomic mass is 10.2. The molecule has 1 aromatic heterocycles. The molecule has 0 saturated carbocycles. The number of hydrogen-bond donors (Lipinski definition) is 0. The number of imidazole rings is 1. The minimum absolute atomic E-state index is 0.548. The Morgan fingerprint density at radius 2 is 2.00 bits per heavy atom. The number of aryl methyl sites for hydroxylation is 2. The molecule has 0 aliphatic carbocycles. The summed E-state index contributed by atoms with van der Waals surface area (Å²) >= 11 is 5.94. The van der Waals surface area contributed by atoms with Gasteiger partial charge in [-0.25, -0.2) is 4.98 Å². The Morgan fingerprint density at radius 1 is 1.19 bits per heavy atom. The zero-order valence-electron chi connectivity index (χ0n) is 12.1. The van der Waals surface area contributed by atoms with Crippen LogP contribution in [0.5, 0.6) is 5.75 Å². The van der Waals surface area contributed by atoms with Crippen LogP contribution < -0.4 is 4.74 Å². The van der Waals surface area contributed by atoms with Gasteiger partial charge in [0.1, 0.15) is 11.6 Å². The number of hydrogen-bond acceptors (Lipinski definition) is 2. The van der Waals surface area contributed by atoms with Crippen LogP contribution in [0.2, 0.25) is 0 Å². The lowest BCUT2D eigenvalue weighted by molar-refractivity contribution is 0.414. The van der Waals surface area contributed by atoms with Crippen molar-refractivity contribution < 1.29 is 4.74 Å². The molecule has 0 bridgehead atoms. The summed E-state index contributed by atoms with van der Waals surface area (Å²) in [5, 5.41) is 0. The van der Waals surface area contributed by atoms with Gasteiger partial charge in [-0.1, -0.05) is 18.2 Å². The van der Waals surface area contributed by atoms with E-state index in [0.717, 1.165) is 34.7 Å². The molecule has 0 aliphatic rings. The molecule has 3 aromatic rings. The molecule has 0 spiro atoms. The van der Waals surface area contributed by atoms with Crippen LogP contribution in [-0.4, -0.2) is 22.5 Å². The molecule has 21 heavy (non-hydrogen) atoms. The Morgan fingerprint density at radius 3 is 2.76 bits per heavy atom. The summed E-state index contributed by atoms with van der Waals surface area (Å²) in [4.78, 5) is 4.77. The van der Waals surface area contributed by atoms with Crippen LogP contribution in [-0.2, 0) is 6.42 Å². The normalized spacial score (nSPS) is 11.0. The Balaban J connectivity index is 2.28. The van der Waals surface area contributed by atoms with Crippen molar-refractivity contribution in [3.63, 3.8) is 0 Å². The fourth-order valence-electron chi connectivity index (χ4n) is 2.58. The molecule has 0 N–H and O–H groups in total. The van der Waals surface area contributed by atoms with Crippen molar-refractivity contribution in [3.05, 3.63) is 53.9 Å². The Labute approximate surface area is 129 Å². The number of methoxy groups -OCH3 is 1. The SMILES string of the molecule is COc1cccc(-n2c(CCCl)nc3c(C)cccc32)c1. The summed E-state index contributed by atoms with van der Waals surface area (Å²) in [5.74, 6) is 2.35. The monoisotopic (exact) mass is 300 g/mol. The van der Waals surface area contributed by atoms with E-state index in [1.165, 1.54) is 5.56 Å². The second-order valence-electron chi connectivity index (χ2n) is 4.95. The van der Waals surface area contributed by atoms with E-state index in [-0.39, 0.29) is 0 Å². The Bertz CT molecular complexity index is 780. The maximum atomic E-state index is 5.94. The van der Waals surface area contributed by atoms with E-state index in [1.54, 1.807) is 7.11 Å². The molecule has 3 nitrogen and oxygen atoms in total. The van der Waals surface area contributed by atoms with Gasteiger partial charge in [0.2, 0.25) is 0 Å². The van der Waals surface area contributed by atoms with Crippen LogP contribution in [0.25, 0.3) is 16.7 Å². The highest BCUT2D eigenvalue weighted by molar-refractivity contribution is 6.17. The first kappa shape index (κ1) is 14.0. The molecule has 0 aliphatic heterocycles. The van der Waals surface area contributed by atoms with Gasteiger partial charge >= 0.3 is 0 Å². The van der Waals surface area contributed by atoms with E-state index in [4.69, 9.17) is 21.3 Å². The third-order valence-electron chi connectivity index (χ3n) is 3.59. The average Bonchev–Trinajstić information content (AvgIpc) is 2.87. The fraction of sp³-hybridized carbons (Fsp3) is 0.235. The predicted molar refractivity (Wildman–Crippen MR) is 86.8 cm³/mol. The number of fused-ring (bicyclic) bond motifs is 1. The van der Waals surface area contributed by atoms with E-state index < -0.39 is 0 Å². The number of para-hydroxylation sites is 1. The van der Waals surface area contributed by atoms with Crippen LogP contribution in [0.3, 0.4) is 0 Å². The molecule has 0 radical (unpaired) electrons. The highest BCUT2D eigenvalue weighted by Gasteiger charge is 2.13. The van der Waals surface area contributed by atoms with Gasteiger partial charge in [0.25, 0.3) is 0 Å². The van der Waals surface area contributed by atoms with Crippen molar-refractivity contribution in [2.75, 3.05) is 13.0 Å². The Hall–Kier alpha value is -2.00. The molecular formula is C17H17ClN2O. The third-order valence-corrected chi connectivity index (χ3v) is 3.77. The number of alkyl halides is 1. The average molecular weight is 301 g/mol. The van der Waals surface area contributed by atoms with Crippen molar-refractivity contribution in [3.8, 4) is 11.4 Å². The summed E-state index contributed by atoms with van der Waals surface area (Å²) in [6, 6.07) is 14.2.